The third-order valence-electron chi connectivity index (χ3n) is 3.01. The molecule has 88 valence electrons. The molecule has 1 atom stereocenters. The smallest absolute Gasteiger partial charge is 0.128 e. The Morgan fingerprint density at radius 3 is 2.81 bits per heavy atom. The molecule has 1 aliphatic rings. The van der Waals surface area contributed by atoms with Crippen LogP contribution >= 0.6 is 0 Å². The molecule has 1 heterocycles. The van der Waals surface area contributed by atoms with Crippen molar-refractivity contribution >= 4 is 0 Å². The number of halogens is 1. The average Bonchev–Trinajstić information content (AvgIpc) is 2.57. The van der Waals surface area contributed by atoms with E-state index in [1.807, 2.05) is 6.07 Å². The number of ether oxygens (including phenoxy) is 2. The van der Waals surface area contributed by atoms with E-state index >= 15 is 0 Å². The van der Waals surface area contributed by atoms with E-state index in [4.69, 9.17) is 9.47 Å². The molecule has 0 aliphatic carbocycles. The summed E-state index contributed by atoms with van der Waals surface area (Å²) >= 11 is 0. The lowest BCUT2D eigenvalue weighted by Crippen LogP contribution is -2.30. The van der Waals surface area contributed by atoms with Gasteiger partial charge in [-0.3, -0.25) is 0 Å². The number of hydrogen-bond acceptors (Lipinski definition) is 2. The Hall–Kier alpha value is -0.930. The van der Waals surface area contributed by atoms with E-state index in [9.17, 15) is 4.39 Å². The van der Waals surface area contributed by atoms with Crippen LogP contribution in [0, 0.1) is 11.2 Å². The van der Waals surface area contributed by atoms with Gasteiger partial charge in [0.1, 0.15) is 5.82 Å². The van der Waals surface area contributed by atoms with Crippen molar-refractivity contribution in [1.29, 1.82) is 0 Å². The van der Waals surface area contributed by atoms with Crippen molar-refractivity contribution in [2.75, 3.05) is 13.2 Å². The Kier molecular flexibility index (Phi) is 3.26. The largest absolute Gasteiger partial charge is 0.378 e. The van der Waals surface area contributed by atoms with Crippen LogP contribution in [0.25, 0.3) is 0 Å². The molecule has 0 spiro atoms. The summed E-state index contributed by atoms with van der Waals surface area (Å²) in [6, 6.07) is 6.70. The van der Waals surface area contributed by atoms with Gasteiger partial charge in [-0.15, -0.1) is 0 Å². The van der Waals surface area contributed by atoms with Gasteiger partial charge in [0.2, 0.25) is 0 Å². The van der Waals surface area contributed by atoms with E-state index < -0.39 is 0 Å². The van der Waals surface area contributed by atoms with Gasteiger partial charge < -0.3 is 9.47 Å². The highest BCUT2D eigenvalue weighted by molar-refractivity contribution is 5.16. The van der Waals surface area contributed by atoms with Crippen LogP contribution in [0.3, 0.4) is 0 Å². The zero-order chi connectivity index (χ0) is 11.6. The molecule has 1 unspecified atom stereocenters. The van der Waals surface area contributed by atoms with Crippen LogP contribution in [0.15, 0.2) is 24.3 Å². The summed E-state index contributed by atoms with van der Waals surface area (Å²) in [5.41, 5.74) is 0.621. The summed E-state index contributed by atoms with van der Waals surface area (Å²) in [5, 5.41) is 0. The minimum Gasteiger partial charge on any atom is -0.378 e. The molecule has 1 aromatic carbocycles. The number of hydrogen-bond donors (Lipinski definition) is 0. The van der Waals surface area contributed by atoms with Gasteiger partial charge in [0.25, 0.3) is 0 Å². The molecule has 1 aliphatic heterocycles. The van der Waals surface area contributed by atoms with Crippen LogP contribution in [0.2, 0.25) is 0 Å². The highest BCUT2D eigenvalue weighted by Crippen LogP contribution is 2.30. The molecular formula is C13H17FO2. The van der Waals surface area contributed by atoms with Gasteiger partial charge in [-0.1, -0.05) is 32.0 Å². The quantitative estimate of drug-likeness (QED) is 0.786. The zero-order valence-electron chi connectivity index (χ0n) is 9.70. The third-order valence-corrected chi connectivity index (χ3v) is 3.01. The van der Waals surface area contributed by atoms with Gasteiger partial charge in [0.15, 0.2) is 0 Å². The van der Waals surface area contributed by atoms with Crippen LogP contribution in [0.1, 0.15) is 19.4 Å². The maximum Gasteiger partial charge on any atom is 0.128 e. The van der Waals surface area contributed by atoms with Gasteiger partial charge >= 0.3 is 0 Å². The fraction of sp³-hybridized carbons (Fsp3) is 0.538. The van der Waals surface area contributed by atoms with Crippen LogP contribution < -0.4 is 0 Å². The van der Waals surface area contributed by atoms with Crippen LogP contribution in [-0.4, -0.2) is 19.3 Å². The Morgan fingerprint density at radius 1 is 1.44 bits per heavy atom. The second-order valence-electron chi connectivity index (χ2n) is 4.89. The van der Waals surface area contributed by atoms with Crippen molar-refractivity contribution < 1.29 is 13.9 Å². The molecule has 2 rings (SSSR count). The number of benzene rings is 1. The first-order valence-electron chi connectivity index (χ1n) is 5.52. The van der Waals surface area contributed by atoms with Crippen molar-refractivity contribution in [2.24, 2.45) is 5.41 Å². The molecule has 0 radical (unpaired) electrons. The van der Waals surface area contributed by atoms with Gasteiger partial charge in [-0.05, 0) is 6.07 Å². The Morgan fingerprint density at radius 2 is 2.19 bits per heavy atom. The first kappa shape index (κ1) is 11.6. The van der Waals surface area contributed by atoms with Crippen LogP contribution in [0.4, 0.5) is 4.39 Å². The number of rotatable bonds is 3. The van der Waals surface area contributed by atoms with Crippen molar-refractivity contribution in [1.82, 2.24) is 0 Å². The molecule has 2 nitrogen and oxygen atoms in total. The molecule has 1 aromatic rings. The highest BCUT2D eigenvalue weighted by Gasteiger charge is 2.36. The zero-order valence-corrected chi connectivity index (χ0v) is 9.70. The van der Waals surface area contributed by atoms with E-state index in [0.717, 1.165) is 0 Å². The van der Waals surface area contributed by atoms with Gasteiger partial charge in [-0.2, -0.15) is 0 Å². The van der Waals surface area contributed by atoms with Crippen molar-refractivity contribution in [3.05, 3.63) is 35.6 Å². The molecule has 0 bridgehead atoms. The Balaban J connectivity index is 1.95. The third kappa shape index (κ3) is 2.42. The first-order chi connectivity index (χ1) is 7.59. The van der Waals surface area contributed by atoms with Gasteiger partial charge in [0, 0.05) is 11.0 Å². The Labute approximate surface area is 95.4 Å². The van der Waals surface area contributed by atoms with E-state index in [1.165, 1.54) is 6.07 Å². The molecule has 0 saturated carbocycles. The standard InChI is InChI=1S/C13H17FO2/c1-13(2)9-15-8-12(13)16-7-10-5-3-4-6-11(10)14/h3-6,12H,7-9H2,1-2H3. The second kappa shape index (κ2) is 4.52. The summed E-state index contributed by atoms with van der Waals surface area (Å²) in [7, 11) is 0. The maximum atomic E-state index is 13.3. The molecular weight excluding hydrogens is 207 g/mol. The summed E-state index contributed by atoms with van der Waals surface area (Å²) in [4.78, 5) is 0. The summed E-state index contributed by atoms with van der Waals surface area (Å²) in [6.45, 7) is 5.82. The Bertz CT molecular complexity index is 363. The predicted octanol–water partition coefficient (Wildman–Crippen LogP) is 2.77. The second-order valence-corrected chi connectivity index (χ2v) is 4.89. The van der Waals surface area contributed by atoms with Gasteiger partial charge in [0.05, 0.1) is 25.9 Å². The van der Waals surface area contributed by atoms with E-state index in [0.29, 0.717) is 25.4 Å². The lowest BCUT2D eigenvalue weighted by molar-refractivity contribution is -0.00971. The summed E-state index contributed by atoms with van der Waals surface area (Å²) in [5.74, 6) is -0.209. The first-order valence-corrected chi connectivity index (χ1v) is 5.52. The maximum absolute atomic E-state index is 13.3. The van der Waals surface area contributed by atoms with E-state index in [2.05, 4.69) is 13.8 Å². The molecule has 0 amide bonds. The molecule has 3 heteroatoms. The average molecular weight is 224 g/mol. The SMILES string of the molecule is CC1(C)COCC1OCc1ccccc1F. The fourth-order valence-corrected chi connectivity index (χ4v) is 1.83. The van der Waals surface area contributed by atoms with E-state index in [-0.39, 0.29) is 17.3 Å². The van der Waals surface area contributed by atoms with E-state index in [1.54, 1.807) is 12.1 Å². The minimum absolute atomic E-state index is 0.0191. The molecule has 16 heavy (non-hydrogen) atoms. The molecule has 1 fully saturated rings. The van der Waals surface area contributed by atoms with Crippen LogP contribution in [0.5, 0.6) is 0 Å². The van der Waals surface area contributed by atoms with Crippen molar-refractivity contribution in [2.45, 2.75) is 26.6 Å². The van der Waals surface area contributed by atoms with Crippen molar-refractivity contribution in [3.8, 4) is 0 Å². The van der Waals surface area contributed by atoms with Crippen molar-refractivity contribution in [3.63, 3.8) is 0 Å². The fourth-order valence-electron chi connectivity index (χ4n) is 1.83. The normalized spacial score (nSPS) is 23.6. The molecule has 1 saturated heterocycles. The lowest BCUT2D eigenvalue weighted by atomic mass is 9.90. The molecule has 0 aromatic heterocycles. The monoisotopic (exact) mass is 224 g/mol. The van der Waals surface area contributed by atoms with Gasteiger partial charge in [-0.25, -0.2) is 4.39 Å². The lowest BCUT2D eigenvalue weighted by Gasteiger charge is -2.24. The summed E-state index contributed by atoms with van der Waals surface area (Å²) in [6.07, 6.45) is 0.0482. The summed E-state index contributed by atoms with van der Waals surface area (Å²) < 4.78 is 24.4. The topological polar surface area (TPSA) is 18.5 Å². The van der Waals surface area contributed by atoms with Crippen LogP contribution in [-0.2, 0) is 16.1 Å². The highest BCUT2D eigenvalue weighted by atomic mass is 19.1. The molecule has 0 N–H and O–H groups in total. The predicted molar refractivity (Wildman–Crippen MR) is 59.6 cm³/mol. The minimum atomic E-state index is -0.209.